The Bertz CT molecular complexity index is 1580. The number of benzene rings is 2. The Balaban J connectivity index is 1.31. The lowest BCUT2D eigenvalue weighted by molar-refractivity contribution is 0.0922. The summed E-state index contributed by atoms with van der Waals surface area (Å²) in [5, 5.41) is 6.97. The highest BCUT2D eigenvalue weighted by molar-refractivity contribution is 5.94. The van der Waals surface area contributed by atoms with E-state index in [1.54, 1.807) is 6.20 Å². The first-order valence-corrected chi connectivity index (χ1v) is 12.5. The van der Waals surface area contributed by atoms with Gasteiger partial charge < -0.3 is 20.6 Å². The highest BCUT2D eigenvalue weighted by atomic mass is 19.1. The zero-order valence-corrected chi connectivity index (χ0v) is 20.3. The average Bonchev–Trinajstić information content (AvgIpc) is 3.60. The molecule has 0 aliphatic heterocycles. The quantitative estimate of drug-likeness (QED) is 0.241. The maximum absolute atomic E-state index is 14.4. The molecule has 0 spiro atoms. The fraction of sp³-hybridized carbons (Fsp3) is 0.214. The summed E-state index contributed by atoms with van der Waals surface area (Å²) >= 11 is 0. The van der Waals surface area contributed by atoms with Crippen LogP contribution in [0.2, 0.25) is 0 Å². The summed E-state index contributed by atoms with van der Waals surface area (Å²) in [5.74, 6) is -0.564. The number of aromatic amines is 2. The summed E-state index contributed by atoms with van der Waals surface area (Å²) in [6.45, 7) is 0. The number of nitrogens with zero attached hydrogens (tertiary/aromatic N) is 3. The summed E-state index contributed by atoms with van der Waals surface area (Å²) in [4.78, 5) is 31.6. The second-order valence-electron chi connectivity index (χ2n) is 9.48. The maximum Gasteiger partial charge on any atom is 0.269 e. The molecule has 2 atom stereocenters. The molecule has 1 aliphatic rings. The smallest absolute Gasteiger partial charge is 0.269 e. The molecule has 6 rings (SSSR count). The van der Waals surface area contributed by atoms with E-state index >= 15 is 0 Å². The molecule has 0 unspecified atom stereocenters. The Hall–Kier alpha value is -4.60. The molecule has 1 aliphatic carbocycles. The van der Waals surface area contributed by atoms with Crippen molar-refractivity contribution in [1.82, 2.24) is 30.2 Å². The molecule has 4 N–H and O–H groups in total. The number of aromatic nitrogens is 5. The molecule has 2 aromatic carbocycles. The molecule has 1 fully saturated rings. The predicted octanol–water partition coefficient (Wildman–Crippen LogP) is 5.45. The minimum Gasteiger partial charge on any atom is -0.367 e. The van der Waals surface area contributed by atoms with Crippen molar-refractivity contribution >= 4 is 22.6 Å². The molecule has 1 saturated carbocycles. The molecule has 0 bridgehead atoms. The van der Waals surface area contributed by atoms with E-state index in [4.69, 9.17) is 9.97 Å². The van der Waals surface area contributed by atoms with E-state index in [2.05, 4.69) is 25.6 Å². The van der Waals surface area contributed by atoms with Crippen LogP contribution in [0.5, 0.6) is 0 Å². The molecule has 0 saturated heterocycles. The Morgan fingerprint density at radius 2 is 1.84 bits per heavy atom. The monoisotopic (exact) mass is 513 g/mol. The fourth-order valence-electron chi connectivity index (χ4n) is 5.04. The van der Waals surface area contributed by atoms with Crippen LogP contribution in [-0.2, 0) is 0 Å². The van der Waals surface area contributed by atoms with Crippen LogP contribution in [0.1, 0.15) is 36.2 Å². The third-order valence-corrected chi connectivity index (χ3v) is 6.85. The number of carbonyl (C=O) groups excluding carboxylic acids is 1. The Labute approximate surface area is 217 Å². The van der Waals surface area contributed by atoms with E-state index in [0.717, 1.165) is 37.3 Å². The van der Waals surface area contributed by atoms with Gasteiger partial charge in [0.15, 0.2) is 5.82 Å². The van der Waals surface area contributed by atoms with Gasteiger partial charge in [0.2, 0.25) is 0 Å². The summed E-state index contributed by atoms with van der Waals surface area (Å²) in [5.41, 5.74) is 2.72. The summed E-state index contributed by atoms with van der Waals surface area (Å²) < 4.78 is 28.4. The average molecular weight is 514 g/mol. The molecule has 38 heavy (non-hydrogen) atoms. The first kappa shape index (κ1) is 23.8. The highest BCUT2D eigenvalue weighted by Crippen LogP contribution is 2.32. The first-order valence-electron chi connectivity index (χ1n) is 12.5. The van der Waals surface area contributed by atoms with Crippen molar-refractivity contribution in [2.45, 2.75) is 37.8 Å². The van der Waals surface area contributed by atoms with E-state index in [1.807, 2.05) is 36.4 Å². The lowest BCUT2D eigenvalue weighted by Crippen LogP contribution is -2.42. The standard InChI is InChI=1S/C28H25F2N7O/c29-17-9-20-21(13-32-26(20)22(30)10-17)27-36-23(16-5-2-1-3-6-16)12-25(37-27)34-18-7-4-8-19(11-18)35-28(38)24-14-31-15-33-24/h1-3,5-6,9-10,12-15,18-19,32H,4,7-8,11H2,(H,31,33)(H,35,38)(H,34,36,37)/t18-,19+/m1/s1. The van der Waals surface area contributed by atoms with Crippen LogP contribution in [0.15, 0.2) is 67.3 Å². The largest absolute Gasteiger partial charge is 0.367 e. The molecule has 0 radical (unpaired) electrons. The Kier molecular flexibility index (Phi) is 6.28. The van der Waals surface area contributed by atoms with Gasteiger partial charge in [-0.05, 0) is 31.7 Å². The molecule has 5 aromatic rings. The number of carbonyl (C=O) groups is 1. The van der Waals surface area contributed by atoms with Crippen molar-refractivity contribution in [3.8, 4) is 22.6 Å². The van der Waals surface area contributed by atoms with Crippen LogP contribution >= 0.6 is 0 Å². The van der Waals surface area contributed by atoms with Gasteiger partial charge in [-0.2, -0.15) is 0 Å². The van der Waals surface area contributed by atoms with Gasteiger partial charge in [-0.3, -0.25) is 4.79 Å². The molecule has 3 heterocycles. The second-order valence-corrected chi connectivity index (χ2v) is 9.48. The van der Waals surface area contributed by atoms with Crippen molar-refractivity contribution in [1.29, 1.82) is 0 Å². The zero-order valence-electron chi connectivity index (χ0n) is 20.3. The van der Waals surface area contributed by atoms with Crippen molar-refractivity contribution in [2.75, 3.05) is 5.32 Å². The van der Waals surface area contributed by atoms with Gasteiger partial charge in [0.1, 0.15) is 23.1 Å². The number of hydrogen-bond donors (Lipinski definition) is 4. The minimum absolute atomic E-state index is 0.00604. The van der Waals surface area contributed by atoms with Crippen molar-refractivity contribution in [3.05, 3.63) is 84.6 Å². The van der Waals surface area contributed by atoms with Gasteiger partial charge in [0, 0.05) is 46.9 Å². The number of anilines is 1. The molecule has 1 amide bonds. The van der Waals surface area contributed by atoms with Crippen LogP contribution in [0.25, 0.3) is 33.5 Å². The van der Waals surface area contributed by atoms with E-state index < -0.39 is 11.6 Å². The van der Waals surface area contributed by atoms with Crippen LogP contribution < -0.4 is 10.6 Å². The lowest BCUT2D eigenvalue weighted by atomic mass is 9.91. The number of fused-ring (bicyclic) bond motifs is 1. The van der Waals surface area contributed by atoms with Gasteiger partial charge >= 0.3 is 0 Å². The fourth-order valence-corrected chi connectivity index (χ4v) is 5.04. The third kappa shape index (κ3) is 4.84. The first-order chi connectivity index (χ1) is 18.5. The van der Waals surface area contributed by atoms with Gasteiger partial charge in [0.05, 0.1) is 23.7 Å². The number of hydrogen-bond acceptors (Lipinski definition) is 5. The van der Waals surface area contributed by atoms with Gasteiger partial charge in [-0.15, -0.1) is 0 Å². The summed E-state index contributed by atoms with van der Waals surface area (Å²) in [7, 11) is 0. The lowest BCUT2D eigenvalue weighted by Gasteiger charge is -2.30. The van der Waals surface area contributed by atoms with Crippen molar-refractivity contribution in [2.24, 2.45) is 0 Å². The SMILES string of the molecule is O=C(N[C@H]1CCC[C@@H](Nc2cc(-c3ccccc3)nc(-c3c[nH]c4c(F)cc(F)cc34)n2)C1)c1cnc[nH]1. The molecule has 8 nitrogen and oxygen atoms in total. The normalized spacial score (nSPS) is 17.4. The van der Waals surface area contributed by atoms with Crippen LogP contribution in [0, 0.1) is 11.6 Å². The maximum atomic E-state index is 14.4. The number of nitrogens with one attached hydrogen (secondary N) is 4. The van der Waals surface area contributed by atoms with Crippen LogP contribution in [0.3, 0.4) is 0 Å². The van der Waals surface area contributed by atoms with Gasteiger partial charge in [-0.25, -0.2) is 23.7 Å². The molecule has 10 heteroatoms. The van der Waals surface area contributed by atoms with Crippen molar-refractivity contribution < 1.29 is 13.6 Å². The molecule has 3 aromatic heterocycles. The van der Waals surface area contributed by atoms with Crippen LogP contribution in [-0.4, -0.2) is 42.9 Å². The summed E-state index contributed by atoms with van der Waals surface area (Å²) in [6.07, 6.45) is 8.05. The second kappa shape index (κ2) is 10.0. The van der Waals surface area contributed by atoms with Crippen molar-refractivity contribution in [3.63, 3.8) is 0 Å². The van der Waals surface area contributed by atoms with Crippen LogP contribution in [0.4, 0.5) is 14.6 Å². The number of imidazole rings is 1. The van der Waals surface area contributed by atoms with E-state index in [9.17, 15) is 13.6 Å². The number of H-pyrrole nitrogens is 2. The van der Waals surface area contributed by atoms with E-state index in [0.29, 0.717) is 34.0 Å². The van der Waals surface area contributed by atoms with E-state index in [1.165, 1.54) is 18.6 Å². The zero-order chi connectivity index (χ0) is 26.1. The molecule has 192 valence electrons. The number of rotatable bonds is 6. The van der Waals surface area contributed by atoms with Gasteiger partial charge in [0.25, 0.3) is 5.91 Å². The number of amides is 1. The number of halogens is 2. The highest BCUT2D eigenvalue weighted by Gasteiger charge is 2.25. The Morgan fingerprint density at radius 3 is 2.66 bits per heavy atom. The topological polar surface area (TPSA) is 111 Å². The summed E-state index contributed by atoms with van der Waals surface area (Å²) in [6, 6.07) is 13.8. The van der Waals surface area contributed by atoms with E-state index in [-0.39, 0.29) is 23.5 Å². The Morgan fingerprint density at radius 1 is 1.00 bits per heavy atom. The minimum atomic E-state index is -0.672. The molecular weight excluding hydrogens is 488 g/mol. The predicted molar refractivity (Wildman–Crippen MR) is 140 cm³/mol. The third-order valence-electron chi connectivity index (χ3n) is 6.85. The van der Waals surface area contributed by atoms with Gasteiger partial charge in [-0.1, -0.05) is 30.3 Å². The molecular formula is C28H25F2N7O.